The SMILES string of the molecule is CC(C)CC(NC(=O)OCC1c2ccccc2-c2ccccc21)C(=O)N1CCCC1CCC(=O)O. The lowest BCUT2D eigenvalue weighted by atomic mass is 9.98. The molecule has 2 amide bonds. The lowest BCUT2D eigenvalue weighted by molar-refractivity contribution is -0.139. The van der Waals surface area contributed by atoms with E-state index < -0.39 is 18.1 Å². The number of carbonyl (C=O) groups excluding carboxylic acids is 2. The summed E-state index contributed by atoms with van der Waals surface area (Å²) in [6.45, 7) is 4.79. The fraction of sp³-hybridized carbons (Fsp3) is 0.464. The molecule has 1 aliphatic heterocycles. The van der Waals surface area contributed by atoms with E-state index in [-0.39, 0.29) is 36.8 Å². The number of nitrogens with zero attached hydrogens (tertiary/aromatic N) is 1. The number of carboxylic acids is 1. The van der Waals surface area contributed by atoms with Crippen LogP contribution in [-0.2, 0) is 14.3 Å². The van der Waals surface area contributed by atoms with E-state index in [2.05, 4.69) is 29.6 Å². The Morgan fingerprint density at radius 1 is 1.06 bits per heavy atom. The molecule has 2 aliphatic rings. The third-order valence-corrected chi connectivity index (χ3v) is 6.99. The molecule has 0 aromatic heterocycles. The lowest BCUT2D eigenvalue weighted by Crippen LogP contribution is -2.50. The van der Waals surface area contributed by atoms with E-state index in [1.165, 1.54) is 0 Å². The van der Waals surface area contributed by atoms with Crippen LogP contribution in [0.3, 0.4) is 0 Å². The molecule has 7 nitrogen and oxygen atoms in total. The van der Waals surface area contributed by atoms with Crippen LogP contribution >= 0.6 is 0 Å². The minimum atomic E-state index is -0.861. The first-order valence-corrected chi connectivity index (χ1v) is 12.5. The zero-order chi connectivity index (χ0) is 24.9. The van der Waals surface area contributed by atoms with Crippen LogP contribution in [0, 0.1) is 5.92 Å². The highest BCUT2D eigenvalue weighted by atomic mass is 16.5. The second-order valence-electron chi connectivity index (χ2n) is 9.91. The molecule has 0 bridgehead atoms. The maximum atomic E-state index is 13.4. The minimum Gasteiger partial charge on any atom is -0.481 e. The van der Waals surface area contributed by atoms with Gasteiger partial charge in [-0.2, -0.15) is 0 Å². The first-order chi connectivity index (χ1) is 16.8. The quantitative estimate of drug-likeness (QED) is 0.540. The average Bonchev–Trinajstić information content (AvgIpc) is 3.43. The molecule has 1 heterocycles. The molecule has 186 valence electrons. The van der Waals surface area contributed by atoms with Gasteiger partial charge in [0.15, 0.2) is 0 Å². The molecule has 1 fully saturated rings. The van der Waals surface area contributed by atoms with Crippen molar-refractivity contribution in [2.75, 3.05) is 13.2 Å². The number of rotatable bonds is 9. The summed E-state index contributed by atoms with van der Waals surface area (Å²) in [5.41, 5.74) is 4.59. The number of carboxylic acid groups (broad SMARTS) is 1. The Kier molecular flexibility index (Phi) is 7.73. The van der Waals surface area contributed by atoms with Crippen molar-refractivity contribution >= 4 is 18.0 Å². The van der Waals surface area contributed by atoms with Crippen molar-refractivity contribution in [2.24, 2.45) is 5.92 Å². The summed E-state index contributed by atoms with van der Waals surface area (Å²) in [7, 11) is 0. The number of carbonyl (C=O) groups is 3. The van der Waals surface area contributed by atoms with Crippen LogP contribution in [0.2, 0.25) is 0 Å². The Hall–Kier alpha value is -3.35. The van der Waals surface area contributed by atoms with Gasteiger partial charge in [0.2, 0.25) is 5.91 Å². The molecule has 0 radical (unpaired) electrons. The summed E-state index contributed by atoms with van der Waals surface area (Å²) < 4.78 is 5.67. The highest BCUT2D eigenvalue weighted by Gasteiger charge is 2.35. The first-order valence-electron chi connectivity index (χ1n) is 12.5. The van der Waals surface area contributed by atoms with Gasteiger partial charge in [0, 0.05) is 24.9 Å². The summed E-state index contributed by atoms with van der Waals surface area (Å²) in [5.74, 6) is -0.871. The minimum absolute atomic E-state index is 0.0309. The molecule has 35 heavy (non-hydrogen) atoms. The molecule has 1 aliphatic carbocycles. The van der Waals surface area contributed by atoms with Crippen LogP contribution in [0.4, 0.5) is 4.79 Å². The zero-order valence-corrected chi connectivity index (χ0v) is 20.4. The maximum Gasteiger partial charge on any atom is 0.407 e. The molecular formula is C28H34N2O5. The van der Waals surface area contributed by atoms with Gasteiger partial charge in [-0.25, -0.2) is 4.79 Å². The molecule has 7 heteroatoms. The number of ether oxygens (including phenoxy) is 1. The van der Waals surface area contributed by atoms with Crippen molar-refractivity contribution in [3.8, 4) is 11.1 Å². The molecule has 4 rings (SSSR count). The molecule has 0 spiro atoms. The molecule has 0 saturated carbocycles. The van der Waals surface area contributed by atoms with Gasteiger partial charge < -0.3 is 20.1 Å². The van der Waals surface area contributed by atoms with Gasteiger partial charge in [0.1, 0.15) is 12.6 Å². The molecular weight excluding hydrogens is 444 g/mol. The van der Waals surface area contributed by atoms with Crippen LogP contribution in [0.15, 0.2) is 48.5 Å². The Balaban J connectivity index is 1.41. The molecule has 2 N–H and O–H groups in total. The number of hydrogen-bond donors (Lipinski definition) is 2. The van der Waals surface area contributed by atoms with E-state index >= 15 is 0 Å². The summed E-state index contributed by atoms with van der Waals surface area (Å²) in [6.07, 6.45) is 1.98. The Labute approximate surface area is 206 Å². The predicted octanol–water partition coefficient (Wildman–Crippen LogP) is 4.80. The highest BCUT2D eigenvalue weighted by molar-refractivity contribution is 5.86. The number of amides is 2. The summed E-state index contributed by atoms with van der Waals surface area (Å²) in [5, 5.41) is 11.9. The van der Waals surface area contributed by atoms with Crippen LogP contribution in [0.25, 0.3) is 11.1 Å². The van der Waals surface area contributed by atoms with Gasteiger partial charge in [-0.3, -0.25) is 9.59 Å². The summed E-state index contributed by atoms with van der Waals surface area (Å²) in [4.78, 5) is 39.0. The average molecular weight is 479 g/mol. The van der Waals surface area contributed by atoms with Gasteiger partial charge in [0.05, 0.1) is 0 Å². The summed E-state index contributed by atoms with van der Waals surface area (Å²) in [6, 6.07) is 15.5. The van der Waals surface area contributed by atoms with Crippen molar-refractivity contribution in [3.63, 3.8) is 0 Å². The third kappa shape index (κ3) is 5.66. The normalized spacial score (nSPS) is 17.7. The third-order valence-electron chi connectivity index (χ3n) is 6.99. The van der Waals surface area contributed by atoms with E-state index in [0.717, 1.165) is 35.1 Å². The standard InChI is InChI=1S/C28H34N2O5/c1-18(2)16-25(27(33)30-15-7-8-19(30)13-14-26(31)32)29-28(34)35-17-24-22-11-5-3-9-20(22)21-10-4-6-12-23(21)24/h3-6,9-12,18-19,24-25H,7-8,13-17H2,1-2H3,(H,29,34)(H,31,32). The topological polar surface area (TPSA) is 95.9 Å². The molecule has 2 atom stereocenters. The molecule has 1 saturated heterocycles. The van der Waals surface area contributed by atoms with E-state index in [4.69, 9.17) is 9.84 Å². The highest BCUT2D eigenvalue weighted by Crippen LogP contribution is 2.44. The Morgan fingerprint density at radius 3 is 2.29 bits per heavy atom. The number of alkyl carbamates (subject to hydrolysis) is 1. The van der Waals surface area contributed by atoms with Crippen molar-refractivity contribution in [1.29, 1.82) is 0 Å². The van der Waals surface area contributed by atoms with E-state index in [0.29, 0.717) is 19.4 Å². The van der Waals surface area contributed by atoms with E-state index in [1.807, 2.05) is 38.1 Å². The fourth-order valence-corrected chi connectivity index (χ4v) is 5.39. The first kappa shape index (κ1) is 24.8. The Morgan fingerprint density at radius 2 is 1.69 bits per heavy atom. The van der Waals surface area contributed by atoms with Crippen molar-refractivity contribution < 1.29 is 24.2 Å². The van der Waals surface area contributed by atoms with E-state index in [9.17, 15) is 14.4 Å². The molecule has 2 aromatic carbocycles. The van der Waals surface area contributed by atoms with Crippen molar-refractivity contribution in [1.82, 2.24) is 10.2 Å². The molecule has 2 unspecified atom stereocenters. The second-order valence-corrected chi connectivity index (χ2v) is 9.91. The van der Waals surface area contributed by atoms with Crippen LogP contribution in [0.1, 0.15) is 63.0 Å². The number of fused-ring (bicyclic) bond motifs is 3. The maximum absolute atomic E-state index is 13.4. The monoisotopic (exact) mass is 478 g/mol. The van der Waals surface area contributed by atoms with Crippen LogP contribution in [-0.4, -0.2) is 53.2 Å². The van der Waals surface area contributed by atoms with Gasteiger partial charge in [-0.1, -0.05) is 62.4 Å². The number of likely N-dealkylation sites (tertiary alicyclic amines) is 1. The summed E-state index contributed by atoms with van der Waals surface area (Å²) >= 11 is 0. The number of benzene rings is 2. The largest absolute Gasteiger partial charge is 0.481 e. The lowest BCUT2D eigenvalue weighted by Gasteiger charge is -2.30. The number of hydrogen-bond acceptors (Lipinski definition) is 4. The smallest absolute Gasteiger partial charge is 0.407 e. The number of nitrogens with one attached hydrogen (secondary N) is 1. The van der Waals surface area contributed by atoms with Gasteiger partial charge >= 0.3 is 12.1 Å². The second kappa shape index (κ2) is 10.9. The molecule has 2 aromatic rings. The fourth-order valence-electron chi connectivity index (χ4n) is 5.39. The van der Waals surface area contributed by atoms with Crippen LogP contribution in [0.5, 0.6) is 0 Å². The van der Waals surface area contributed by atoms with Gasteiger partial charge in [-0.05, 0) is 53.9 Å². The predicted molar refractivity (Wildman–Crippen MR) is 133 cm³/mol. The van der Waals surface area contributed by atoms with Gasteiger partial charge in [0.25, 0.3) is 0 Å². The zero-order valence-electron chi connectivity index (χ0n) is 20.4. The van der Waals surface area contributed by atoms with Crippen molar-refractivity contribution in [2.45, 2.75) is 64.0 Å². The van der Waals surface area contributed by atoms with E-state index in [1.54, 1.807) is 4.90 Å². The number of aliphatic carboxylic acids is 1. The van der Waals surface area contributed by atoms with Crippen molar-refractivity contribution in [3.05, 3.63) is 59.7 Å². The van der Waals surface area contributed by atoms with Crippen LogP contribution < -0.4 is 5.32 Å². The van der Waals surface area contributed by atoms with Gasteiger partial charge in [-0.15, -0.1) is 0 Å². The Bertz CT molecular complexity index is 1040.